The maximum atomic E-state index is 9.07. The molecule has 0 amide bonds. The van der Waals surface area contributed by atoms with E-state index in [-0.39, 0.29) is 6.04 Å². The van der Waals surface area contributed by atoms with Crippen LogP contribution in [0.1, 0.15) is 32.0 Å². The number of halogens is 1. The molecule has 0 aliphatic heterocycles. The zero-order valence-electron chi connectivity index (χ0n) is 10.1. The summed E-state index contributed by atoms with van der Waals surface area (Å²) in [7, 11) is 1.79. The van der Waals surface area contributed by atoms with Crippen LogP contribution >= 0.6 is 11.6 Å². The van der Waals surface area contributed by atoms with Crippen molar-refractivity contribution >= 4 is 11.6 Å². The SMILES string of the molecule is CNC(C)(C#N)CC(C)n1cc(Cl)c(C)n1. The molecule has 0 bridgehead atoms. The van der Waals surface area contributed by atoms with Gasteiger partial charge in [-0.1, -0.05) is 11.6 Å². The number of hydrogen-bond donors (Lipinski definition) is 1. The van der Waals surface area contributed by atoms with Gasteiger partial charge in [-0.05, 0) is 27.8 Å². The molecule has 1 heterocycles. The number of aromatic nitrogens is 2. The van der Waals surface area contributed by atoms with Gasteiger partial charge in [0.15, 0.2) is 0 Å². The van der Waals surface area contributed by atoms with Crippen molar-refractivity contribution in [1.82, 2.24) is 15.1 Å². The number of nitrogens with one attached hydrogen (secondary N) is 1. The topological polar surface area (TPSA) is 53.6 Å². The Hall–Kier alpha value is -1.05. The zero-order chi connectivity index (χ0) is 12.3. The van der Waals surface area contributed by atoms with E-state index < -0.39 is 5.54 Å². The van der Waals surface area contributed by atoms with Gasteiger partial charge in [0.25, 0.3) is 0 Å². The highest BCUT2D eigenvalue weighted by atomic mass is 35.5. The third-order valence-corrected chi connectivity index (χ3v) is 3.18. The zero-order valence-corrected chi connectivity index (χ0v) is 10.8. The lowest BCUT2D eigenvalue weighted by Crippen LogP contribution is -2.40. The van der Waals surface area contributed by atoms with Gasteiger partial charge in [0.2, 0.25) is 0 Å². The van der Waals surface area contributed by atoms with Crippen molar-refractivity contribution in [2.45, 2.75) is 38.8 Å². The normalized spacial score (nSPS) is 16.5. The van der Waals surface area contributed by atoms with Crippen molar-refractivity contribution in [3.8, 4) is 6.07 Å². The molecular formula is C11H17ClN4. The molecule has 2 atom stereocenters. The quantitative estimate of drug-likeness (QED) is 0.879. The third kappa shape index (κ3) is 2.75. The smallest absolute Gasteiger partial charge is 0.105 e. The van der Waals surface area contributed by atoms with E-state index in [1.807, 2.05) is 25.5 Å². The highest BCUT2D eigenvalue weighted by Crippen LogP contribution is 2.22. The van der Waals surface area contributed by atoms with Gasteiger partial charge in [-0.25, -0.2) is 0 Å². The molecule has 0 aliphatic carbocycles. The third-order valence-electron chi connectivity index (χ3n) is 2.81. The van der Waals surface area contributed by atoms with Crippen molar-refractivity contribution in [2.75, 3.05) is 7.05 Å². The second-order valence-corrected chi connectivity index (χ2v) is 4.70. The summed E-state index contributed by atoms with van der Waals surface area (Å²) in [5, 5.41) is 17.1. The van der Waals surface area contributed by atoms with Crippen molar-refractivity contribution in [3.63, 3.8) is 0 Å². The fourth-order valence-corrected chi connectivity index (χ4v) is 1.71. The summed E-state index contributed by atoms with van der Waals surface area (Å²) in [5.41, 5.74) is 0.280. The molecule has 5 heteroatoms. The first-order valence-corrected chi connectivity index (χ1v) is 5.61. The fourth-order valence-electron chi connectivity index (χ4n) is 1.57. The molecule has 0 aromatic carbocycles. The van der Waals surface area contributed by atoms with Gasteiger partial charge in [-0.15, -0.1) is 0 Å². The molecule has 1 aromatic heterocycles. The molecule has 1 rings (SSSR count). The van der Waals surface area contributed by atoms with Gasteiger partial charge in [0.1, 0.15) is 5.54 Å². The molecular weight excluding hydrogens is 224 g/mol. The van der Waals surface area contributed by atoms with Crippen LogP contribution in [0.25, 0.3) is 0 Å². The number of hydrogen-bond acceptors (Lipinski definition) is 3. The summed E-state index contributed by atoms with van der Waals surface area (Å²) in [6.07, 6.45) is 2.48. The summed E-state index contributed by atoms with van der Waals surface area (Å²) >= 11 is 5.95. The van der Waals surface area contributed by atoms with E-state index in [0.717, 1.165) is 5.69 Å². The Morgan fingerprint density at radius 2 is 2.38 bits per heavy atom. The lowest BCUT2D eigenvalue weighted by atomic mass is 9.96. The highest BCUT2D eigenvalue weighted by Gasteiger charge is 2.25. The molecule has 16 heavy (non-hydrogen) atoms. The van der Waals surface area contributed by atoms with Crippen LogP contribution in [-0.2, 0) is 0 Å². The van der Waals surface area contributed by atoms with Crippen LogP contribution in [0.3, 0.4) is 0 Å². The Morgan fingerprint density at radius 1 is 1.75 bits per heavy atom. The minimum absolute atomic E-state index is 0.128. The molecule has 4 nitrogen and oxygen atoms in total. The average molecular weight is 241 g/mol. The van der Waals surface area contributed by atoms with Crippen molar-refractivity contribution in [2.24, 2.45) is 0 Å². The predicted octanol–water partition coefficient (Wildman–Crippen LogP) is 2.30. The Kier molecular flexibility index (Phi) is 3.95. The second-order valence-electron chi connectivity index (χ2n) is 4.29. The largest absolute Gasteiger partial charge is 0.303 e. The Labute approximate surface area is 101 Å². The van der Waals surface area contributed by atoms with Crippen molar-refractivity contribution in [1.29, 1.82) is 5.26 Å². The molecule has 1 N–H and O–H groups in total. The Balaban J connectivity index is 2.80. The summed E-state index contributed by atoms with van der Waals surface area (Å²) in [6.45, 7) is 5.77. The molecule has 0 saturated heterocycles. The maximum Gasteiger partial charge on any atom is 0.105 e. The van der Waals surface area contributed by atoms with E-state index in [9.17, 15) is 0 Å². The summed E-state index contributed by atoms with van der Waals surface area (Å²) < 4.78 is 1.81. The molecule has 0 aliphatic rings. The fraction of sp³-hybridized carbons (Fsp3) is 0.636. The van der Waals surface area contributed by atoms with Gasteiger partial charge < -0.3 is 5.32 Å². The molecule has 0 radical (unpaired) electrons. The van der Waals surface area contributed by atoms with Crippen LogP contribution in [0.2, 0.25) is 5.02 Å². The Morgan fingerprint density at radius 3 is 2.75 bits per heavy atom. The van der Waals surface area contributed by atoms with E-state index in [4.69, 9.17) is 16.9 Å². The molecule has 0 saturated carbocycles. The van der Waals surface area contributed by atoms with Crippen LogP contribution in [0.5, 0.6) is 0 Å². The van der Waals surface area contributed by atoms with E-state index >= 15 is 0 Å². The lowest BCUT2D eigenvalue weighted by Gasteiger charge is -2.24. The van der Waals surface area contributed by atoms with Gasteiger partial charge in [-0.3, -0.25) is 4.68 Å². The Bertz CT molecular complexity index is 387. The van der Waals surface area contributed by atoms with Crippen molar-refractivity contribution < 1.29 is 0 Å². The van der Waals surface area contributed by atoms with Crippen molar-refractivity contribution in [3.05, 3.63) is 16.9 Å². The summed E-state index contributed by atoms with van der Waals surface area (Å²) in [6, 6.07) is 2.39. The highest BCUT2D eigenvalue weighted by molar-refractivity contribution is 6.31. The molecule has 0 spiro atoms. The number of nitrogens with zero attached hydrogens (tertiary/aromatic N) is 3. The van der Waals surface area contributed by atoms with Gasteiger partial charge >= 0.3 is 0 Å². The second kappa shape index (κ2) is 4.86. The molecule has 2 unspecified atom stereocenters. The van der Waals surface area contributed by atoms with Crippen LogP contribution in [0, 0.1) is 18.3 Å². The number of aryl methyl sites for hydroxylation is 1. The van der Waals surface area contributed by atoms with Gasteiger partial charge in [0.05, 0.1) is 22.8 Å². The van der Waals surface area contributed by atoms with Crippen LogP contribution < -0.4 is 5.32 Å². The minimum atomic E-state index is -0.536. The first-order valence-electron chi connectivity index (χ1n) is 5.23. The van der Waals surface area contributed by atoms with E-state index in [2.05, 4.69) is 16.5 Å². The maximum absolute atomic E-state index is 9.07. The molecule has 0 fully saturated rings. The number of rotatable bonds is 4. The lowest BCUT2D eigenvalue weighted by molar-refractivity contribution is 0.348. The first-order chi connectivity index (χ1) is 7.41. The predicted molar refractivity (Wildman–Crippen MR) is 64.4 cm³/mol. The first kappa shape index (κ1) is 13.0. The van der Waals surface area contributed by atoms with Crippen LogP contribution in [0.15, 0.2) is 6.20 Å². The van der Waals surface area contributed by atoms with Gasteiger partial charge in [-0.2, -0.15) is 10.4 Å². The number of nitriles is 1. The molecule has 1 aromatic rings. The van der Waals surface area contributed by atoms with E-state index in [1.54, 1.807) is 13.2 Å². The van der Waals surface area contributed by atoms with Gasteiger partial charge in [0, 0.05) is 12.6 Å². The monoisotopic (exact) mass is 240 g/mol. The standard InChI is InChI=1S/C11H17ClN4/c1-8(5-11(3,7-13)14-4)16-6-10(12)9(2)15-16/h6,8,14H,5H2,1-4H3. The van der Waals surface area contributed by atoms with Crippen LogP contribution in [-0.4, -0.2) is 22.4 Å². The van der Waals surface area contributed by atoms with E-state index in [0.29, 0.717) is 11.4 Å². The molecule has 88 valence electrons. The van der Waals surface area contributed by atoms with Crippen LogP contribution in [0.4, 0.5) is 0 Å². The average Bonchev–Trinajstić information content (AvgIpc) is 2.59. The summed E-state index contributed by atoms with van der Waals surface area (Å²) in [4.78, 5) is 0. The minimum Gasteiger partial charge on any atom is -0.303 e. The summed E-state index contributed by atoms with van der Waals surface area (Å²) in [5.74, 6) is 0. The van der Waals surface area contributed by atoms with E-state index in [1.165, 1.54) is 0 Å².